The summed E-state index contributed by atoms with van der Waals surface area (Å²) in [5, 5.41) is 3.10. The Hall–Kier alpha value is -2.08. The van der Waals surface area contributed by atoms with E-state index in [-0.39, 0.29) is 24.5 Å². The number of fused-ring (bicyclic) bond motifs is 1. The predicted molar refractivity (Wildman–Crippen MR) is 96.1 cm³/mol. The highest BCUT2D eigenvalue weighted by molar-refractivity contribution is 5.94. The van der Waals surface area contributed by atoms with Crippen LogP contribution in [-0.2, 0) is 9.53 Å². The van der Waals surface area contributed by atoms with Crippen LogP contribution >= 0.6 is 0 Å². The smallest absolute Gasteiger partial charge is 0.260 e. The van der Waals surface area contributed by atoms with Crippen molar-refractivity contribution in [1.82, 2.24) is 10.2 Å². The first-order chi connectivity index (χ1) is 12.7. The molecule has 140 valence electrons. The number of carbonyl (C=O) groups is 2. The lowest BCUT2D eigenvalue weighted by molar-refractivity contribution is -0.134. The Balaban J connectivity index is 1.25. The van der Waals surface area contributed by atoms with Crippen molar-refractivity contribution in [2.45, 2.75) is 44.2 Å². The number of nitrogens with one attached hydrogen (secondary N) is 1. The monoisotopic (exact) mass is 358 g/mol. The SMILES string of the molecule is O=C(N[C@H]1C[C@@H]2OCC[C@H]12)c1ccc(OCC(=O)N2CCCCC2)cc1. The maximum atomic E-state index is 12.4. The standard InChI is InChI=1S/C20H26N2O4/c23-19(22-9-2-1-3-10-22)13-26-15-6-4-14(5-7-15)20(24)21-17-12-18-16(17)8-11-25-18/h4-7,16-18H,1-3,8-13H2,(H,21,24)/t16-,17+,18+/m1/s1. The van der Waals surface area contributed by atoms with Crippen molar-refractivity contribution in [3.63, 3.8) is 0 Å². The molecule has 2 aliphatic heterocycles. The van der Waals surface area contributed by atoms with Crippen molar-refractivity contribution < 1.29 is 19.1 Å². The van der Waals surface area contributed by atoms with E-state index in [1.807, 2.05) is 4.90 Å². The molecule has 0 aromatic heterocycles. The largest absolute Gasteiger partial charge is 0.484 e. The van der Waals surface area contributed by atoms with Crippen LogP contribution in [0.25, 0.3) is 0 Å². The summed E-state index contributed by atoms with van der Waals surface area (Å²) < 4.78 is 11.2. The zero-order valence-electron chi connectivity index (χ0n) is 15.0. The molecule has 3 aliphatic rings. The van der Waals surface area contributed by atoms with Crippen molar-refractivity contribution in [3.05, 3.63) is 29.8 Å². The number of amides is 2. The number of hydrogen-bond donors (Lipinski definition) is 1. The molecule has 0 unspecified atom stereocenters. The van der Waals surface area contributed by atoms with Gasteiger partial charge in [0.05, 0.1) is 6.10 Å². The molecule has 3 fully saturated rings. The van der Waals surface area contributed by atoms with Crippen LogP contribution in [0.1, 0.15) is 42.5 Å². The molecule has 6 nitrogen and oxygen atoms in total. The Morgan fingerprint density at radius 2 is 1.92 bits per heavy atom. The summed E-state index contributed by atoms with van der Waals surface area (Å²) in [6.07, 6.45) is 5.63. The van der Waals surface area contributed by atoms with E-state index in [2.05, 4.69) is 5.32 Å². The van der Waals surface area contributed by atoms with Crippen LogP contribution in [0.15, 0.2) is 24.3 Å². The van der Waals surface area contributed by atoms with E-state index in [4.69, 9.17) is 9.47 Å². The fraction of sp³-hybridized carbons (Fsp3) is 0.600. The molecule has 1 saturated carbocycles. The minimum Gasteiger partial charge on any atom is -0.484 e. The number of likely N-dealkylation sites (tertiary alicyclic amines) is 1. The van der Waals surface area contributed by atoms with E-state index < -0.39 is 0 Å². The summed E-state index contributed by atoms with van der Waals surface area (Å²) in [5.41, 5.74) is 0.613. The summed E-state index contributed by atoms with van der Waals surface area (Å²) in [5.74, 6) is 1.06. The number of carbonyl (C=O) groups excluding carboxylic acids is 2. The average Bonchev–Trinajstić information content (AvgIpc) is 3.06. The fourth-order valence-corrected chi connectivity index (χ4v) is 4.10. The van der Waals surface area contributed by atoms with Crippen molar-refractivity contribution in [3.8, 4) is 5.75 Å². The average molecular weight is 358 g/mol. The summed E-state index contributed by atoms with van der Waals surface area (Å²) in [4.78, 5) is 26.4. The Labute approximate surface area is 153 Å². The van der Waals surface area contributed by atoms with Crippen LogP contribution in [-0.4, -0.2) is 55.2 Å². The Kier molecular flexibility index (Phi) is 5.11. The summed E-state index contributed by atoms with van der Waals surface area (Å²) in [7, 11) is 0. The highest BCUT2D eigenvalue weighted by Gasteiger charge is 2.45. The van der Waals surface area contributed by atoms with Gasteiger partial charge in [0.1, 0.15) is 5.75 Å². The zero-order chi connectivity index (χ0) is 17.9. The molecule has 0 spiro atoms. The molecule has 6 heteroatoms. The first-order valence-corrected chi connectivity index (χ1v) is 9.64. The molecule has 0 radical (unpaired) electrons. The highest BCUT2D eigenvalue weighted by Crippen LogP contribution is 2.38. The normalized spacial score (nSPS) is 27.4. The molecular weight excluding hydrogens is 332 g/mol. The molecule has 1 aromatic carbocycles. The van der Waals surface area contributed by atoms with Gasteiger partial charge in [-0.2, -0.15) is 0 Å². The number of benzene rings is 1. The van der Waals surface area contributed by atoms with Crippen molar-refractivity contribution in [2.24, 2.45) is 5.92 Å². The first-order valence-electron chi connectivity index (χ1n) is 9.64. The number of piperidine rings is 1. The Morgan fingerprint density at radius 3 is 2.65 bits per heavy atom. The fourth-order valence-electron chi connectivity index (χ4n) is 4.10. The maximum absolute atomic E-state index is 12.4. The second-order valence-corrected chi connectivity index (χ2v) is 7.43. The van der Waals surface area contributed by atoms with Crippen LogP contribution in [0.3, 0.4) is 0 Å². The van der Waals surface area contributed by atoms with Gasteiger partial charge in [-0.1, -0.05) is 0 Å². The van der Waals surface area contributed by atoms with E-state index in [0.717, 1.165) is 45.4 Å². The summed E-state index contributed by atoms with van der Waals surface area (Å²) >= 11 is 0. The van der Waals surface area contributed by atoms with E-state index >= 15 is 0 Å². The Bertz CT molecular complexity index is 654. The molecule has 2 amide bonds. The second kappa shape index (κ2) is 7.66. The van der Waals surface area contributed by atoms with E-state index in [1.54, 1.807) is 24.3 Å². The molecule has 2 saturated heterocycles. The molecule has 2 heterocycles. The van der Waals surface area contributed by atoms with Gasteiger partial charge in [0.25, 0.3) is 11.8 Å². The van der Waals surface area contributed by atoms with Gasteiger partial charge < -0.3 is 19.7 Å². The van der Waals surface area contributed by atoms with Crippen LogP contribution in [0.4, 0.5) is 0 Å². The molecule has 0 bridgehead atoms. The van der Waals surface area contributed by atoms with Crippen LogP contribution in [0.2, 0.25) is 0 Å². The minimum atomic E-state index is -0.0590. The third kappa shape index (κ3) is 3.70. The molecule has 1 aliphatic carbocycles. The van der Waals surface area contributed by atoms with Crippen molar-refractivity contribution in [1.29, 1.82) is 0 Å². The molecule has 3 atom stereocenters. The van der Waals surface area contributed by atoms with Gasteiger partial charge in [0, 0.05) is 37.2 Å². The quantitative estimate of drug-likeness (QED) is 0.874. The number of rotatable bonds is 5. The van der Waals surface area contributed by atoms with E-state index in [0.29, 0.717) is 23.3 Å². The number of hydrogen-bond acceptors (Lipinski definition) is 4. The molecule has 1 aromatic rings. The molecular formula is C20H26N2O4. The highest BCUT2D eigenvalue weighted by atomic mass is 16.5. The lowest BCUT2D eigenvalue weighted by atomic mass is 9.76. The van der Waals surface area contributed by atoms with Gasteiger partial charge in [0.2, 0.25) is 0 Å². The zero-order valence-corrected chi connectivity index (χ0v) is 15.0. The summed E-state index contributed by atoms with van der Waals surface area (Å²) in [6.45, 7) is 2.52. The van der Waals surface area contributed by atoms with Crippen LogP contribution in [0.5, 0.6) is 5.75 Å². The van der Waals surface area contributed by atoms with Gasteiger partial charge in [-0.05, 0) is 56.4 Å². The van der Waals surface area contributed by atoms with E-state index in [1.165, 1.54) is 6.42 Å². The third-order valence-electron chi connectivity index (χ3n) is 5.77. The number of nitrogens with zero attached hydrogens (tertiary/aromatic N) is 1. The topological polar surface area (TPSA) is 67.9 Å². The second-order valence-electron chi connectivity index (χ2n) is 7.43. The lowest BCUT2D eigenvalue weighted by Gasteiger charge is -2.39. The van der Waals surface area contributed by atoms with Gasteiger partial charge in [-0.25, -0.2) is 0 Å². The lowest BCUT2D eigenvalue weighted by Crippen LogP contribution is -2.53. The first kappa shape index (κ1) is 17.3. The van der Waals surface area contributed by atoms with Crippen LogP contribution < -0.4 is 10.1 Å². The molecule has 4 rings (SSSR count). The van der Waals surface area contributed by atoms with Gasteiger partial charge in [-0.3, -0.25) is 9.59 Å². The van der Waals surface area contributed by atoms with Gasteiger partial charge in [0.15, 0.2) is 6.61 Å². The van der Waals surface area contributed by atoms with Crippen LogP contribution in [0, 0.1) is 5.92 Å². The van der Waals surface area contributed by atoms with Crippen molar-refractivity contribution in [2.75, 3.05) is 26.3 Å². The van der Waals surface area contributed by atoms with Gasteiger partial charge in [-0.15, -0.1) is 0 Å². The number of ether oxygens (including phenoxy) is 2. The van der Waals surface area contributed by atoms with E-state index in [9.17, 15) is 9.59 Å². The maximum Gasteiger partial charge on any atom is 0.260 e. The third-order valence-corrected chi connectivity index (χ3v) is 5.77. The molecule has 1 N–H and O–H groups in total. The summed E-state index contributed by atoms with van der Waals surface area (Å²) in [6, 6.07) is 7.23. The predicted octanol–water partition coefficient (Wildman–Crippen LogP) is 1.99. The van der Waals surface area contributed by atoms with Gasteiger partial charge >= 0.3 is 0 Å². The Morgan fingerprint density at radius 1 is 1.15 bits per heavy atom. The molecule has 26 heavy (non-hydrogen) atoms. The minimum absolute atomic E-state index is 0.0323. The van der Waals surface area contributed by atoms with Crippen molar-refractivity contribution >= 4 is 11.8 Å².